The molecule has 2 heterocycles. The molecule has 0 unspecified atom stereocenters. The van der Waals surface area contributed by atoms with Crippen LogP contribution in [-0.2, 0) is 7.05 Å². The Labute approximate surface area is 76.2 Å². The largest absolute Gasteiger partial charge is 0.494 e. The molecule has 2 rings (SSSR count). The lowest BCUT2D eigenvalue weighted by atomic mass is 10.4. The van der Waals surface area contributed by atoms with Gasteiger partial charge in [-0.2, -0.15) is 0 Å². The van der Waals surface area contributed by atoms with Gasteiger partial charge in [0.15, 0.2) is 11.4 Å². The van der Waals surface area contributed by atoms with Crippen LogP contribution in [0.3, 0.4) is 0 Å². The summed E-state index contributed by atoms with van der Waals surface area (Å²) in [5.74, 6) is 1.85. The molecule has 2 aromatic heterocycles. The molecule has 0 saturated carbocycles. The van der Waals surface area contributed by atoms with Gasteiger partial charge >= 0.3 is 5.82 Å². The van der Waals surface area contributed by atoms with Crippen LogP contribution in [0.5, 0.6) is 5.75 Å². The van der Waals surface area contributed by atoms with Crippen molar-refractivity contribution in [2.75, 3.05) is 7.11 Å². The Morgan fingerprint density at radius 3 is 2.77 bits per heavy atom. The standard InChI is InChI=1S/C9H11N3O/c1-12-6-5-11-9(12)8-7(13-2)3-4-10-8/h3-6H,1-2H3,(H,10,11)/p+1. The van der Waals surface area contributed by atoms with E-state index in [1.807, 2.05) is 36.3 Å². The molecule has 0 amide bonds. The molecular weight excluding hydrogens is 166 g/mol. The third kappa shape index (κ3) is 1.20. The van der Waals surface area contributed by atoms with Crippen LogP contribution in [0.25, 0.3) is 11.5 Å². The lowest BCUT2D eigenvalue weighted by Crippen LogP contribution is -2.27. The number of nitrogens with zero attached hydrogens (tertiary/aromatic N) is 1. The molecule has 0 spiro atoms. The highest BCUT2D eigenvalue weighted by molar-refractivity contribution is 5.56. The summed E-state index contributed by atoms with van der Waals surface area (Å²) >= 11 is 0. The highest BCUT2D eigenvalue weighted by Gasteiger charge is 2.16. The monoisotopic (exact) mass is 178 g/mol. The van der Waals surface area contributed by atoms with Gasteiger partial charge in [-0.05, 0) is 6.07 Å². The number of methoxy groups -OCH3 is 1. The van der Waals surface area contributed by atoms with Crippen LogP contribution in [-0.4, -0.2) is 17.1 Å². The molecule has 2 N–H and O–H groups in total. The van der Waals surface area contributed by atoms with Crippen molar-refractivity contribution < 1.29 is 9.30 Å². The van der Waals surface area contributed by atoms with Gasteiger partial charge < -0.3 is 9.72 Å². The molecule has 68 valence electrons. The van der Waals surface area contributed by atoms with E-state index in [2.05, 4.69) is 9.97 Å². The number of rotatable bonds is 2. The molecule has 13 heavy (non-hydrogen) atoms. The minimum Gasteiger partial charge on any atom is -0.494 e. The highest BCUT2D eigenvalue weighted by Crippen LogP contribution is 2.23. The topological polar surface area (TPSA) is 44.7 Å². The molecular formula is C9H12N3O+. The average Bonchev–Trinajstić information content (AvgIpc) is 2.71. The van der Waals surface area contributed by atoms with Gasteiger partial charge in [0.1, 0.15) is 12.4 Å². The summed E-state index contributed by atoms with van der Waals surface area (Å²) in [6.07, 6.45) is 5.69. The Morgan fingerprint density at radius 2 is 2.15 bits per heavy atom. The zero-order valence-electron chi connectivity index (χ0n) is 7.66. The van der Waals surface area contributed by atoms with Crippen LogP contribution in [0.4, 0.5) is 0 Å². The molecule has 0 fully saturated rings. The van der Waals surface area contributed by atoms with E-state index in [-0.39, 0.29) is 0 Å². The summed E-state index contributed by atoms with van der Waals surface area (Å²) in [5.41, 5.74) is 0.968. The first-order valence-corrected chi connectivity index (χ1v) is 4.07. The van der Waals surface area contributed by atoms with Crippen LogP contribution < -0.4 is 9.30 Å². The Balaban J connectivity index is 2.52. The van der Waals surface area contributed by atoms with E-state index in [9.17, 15) is 0 Å². The van der Waals surface area contributed by atoms with E-state index in [0.717, 1.165) is 17.3 Å². The van der Waals surface area contributed by atoms with Gasteiger partial charge in [0, 0.05) is 6.20 Å². The van der Waals surface area contributed by atoms with Gasteiger partial charge in [-0.3, -0.25) is 0 Å². The second-order valence-electron chi connectivity index (χ2n) is 2.84. The van der Waals surface area contributed by atoms with E-state index in [0.29, 0.717) is 0 Å². The third-order valence-electron chi connectivity index (χ3n) is 2.04. The Hall–Kier alpha value is -1.71. The number of H-pyrrole nitrogens is 2. The predicted octanol–water partition coefficient (Wildman–Crippen LogP) is 0.843. The number of nitrogens with one attached hydrogen (secondary N) is 2. The quantitative estimate of drug-likeness (QED) is 0.658. The molecule has 4 nitrogen and oxygen atoms in total. The molecule has 0 aliphatic carbocycles. The van der Waals surface area contributed by atoms with Crippen molar-refractivity contribution in [3.8, 4) is 17.3 Å². The zero-order chi connectivity index (χ0) is 9.26. The second kappa shape index (κ2) is 2.97. The molecule has 0 radical (unpaired) electrons. The molecule has 0 saturated heterocycles. The SMILES string of the molecule is COc1cc[nH]c1-c1[nH]cc[n+]1C. The first-order valence-electron chi connectivity index (χ1n) is 4.07. The van der Waals surface area contributed by atoms with Crippen LogP contribution in [0.1, 0.15) is 0 Å². The summed E-state index contributed by atoms with van der Waals surface area (Å²) in [7, 11) is 3.64. The molecule has 0 bridgehead atoms. The first kappa shape index (κ1) is 7.91. The number of aromatic nitrogens is 3. The third-order valence-corrected chi connectivity index (χ3v) is 2.04. The van der Waals surface area contributed by atoms with Crippen molar-refractivity contribution in [3.63, 3.8) is 0 Å². The van der Waals surface area contributed by atoms with Crippen LogP contribution in [0.2, 0.25) is 0 Å². The smallest absolute Gasteiger partial charge is 0.307 e. The molecule has 0 atom stereocenters. The van der Waals surface area contributed by atoms with Crippen molar-refractivity contribution >= 4 is 0 Å². The van der Waals surface area contributed by atoms with Crippen molar-refractivity contribution in [2.45, 2.75) is 0 Å². The molecule has 4 heteroatoms. The summed E-state index contributed by atoms with van der Waals surface area (Å²) in [5, 5.41) is 0. The van der Waals surface area contributed by atoms with Gasteiger partial charge in [0.2, 0.25) is 0 Å². The Kier molecular flexibility index (Phi) is 1.81. The number of hydrogen-bond acceptors (Lipinski definition) is 1. The van der Waals surface area contributed by atoms with Crippen molar-refractivity contribution in [1.82, 2.24) is 9.97 Å². The fraction of sp³-hybridized carbons (Fsp3) is 0.222. The maximum Gasteiger partial charge on any atom is 0.307 e. The van der Waals surface area contributed by atoms with Crippen LogP contribution in [0, 0.1) is 0 Å². The van der Waals surface area contributed by atoms with Gasteiger partial charge in [0.25, 0.3) is 0 Å². The second-order valence-corrected chi connectivity index (χ2v) is 2.84. The van der Waals surface area contributed by atoms with Gasteiger partial charge in [0.05, 0.1) is 14.2 Å². The zero-order valence-corrected chi connectivity index (χ0v) is 7.66. The summed E-state index contributed by atoms with van der Waals surface area (Å²) in [6.45, 7) is 0. The van der Waals surface area contributed by atoms with Crippen molar-refractivity contribution in [2.24, 2.45) is 7.05 Å². The molecule has 2 aromatic rings. The van der Waals surface area contributed by atoms with Crippen LogP contribution in [0.15, 0.2) is 24.7 Å². The Bertz CT molecular complexity index is 402. The van der Waals surface area contributed by atoms with Gasteiger partial charge in [-0.15, -0.1) is 0 Å². The van der Waals surface area contributed by atoms with Gasteiger partial charge in [-0.1, -0.05) is 0 Å². The summed E-state index contributed by atoms with van der Waals surface area (Å²) in [6, 6.07) is 1.90. The maximum absolute atomic E-state index is 5.20. The number of imidazole rings is 1. The number of aryl methyl sites for hydroxylation is 1. The van der Waals surface area contributed by atoms with E-state index in [4.69, 9.17) is 4.74 Å². The van der Waals surface area contributed by atoms with E-state index < -0.39 is 0 Å². The summed E-state index contributed by atoms with van der Waals surface area (Å²) in [4.78, 5) is 6.26. The molecule has 0 aliphatic rings. The van der Waals surface area contributed by atoms with Gasteiger partial charge in [-0.25, -0.2) is 9.55 Å². The van der Waals surface area contributed by atoms with E-state index in [1.54, 1.807) is 7.11 Å². The average molecular weight is 178 g/mol. The number of hydrogen-bond donors (Lipinski definition) is 2. The van der Waals surface area contributed by atoms with E-state index in [1.165, 1.54) is 0 Å². The summed E-state index contributed by atoms with van der Waals surface area (Å²) < 4.78 is 7.19. The normalized spacial score (nSPS) is 10.3. The first-order chi connectivity index (χ1) is 6.33. The van der Waals surface area contributed by atoms with Crippen molar-refractivity contribution in [3.05, 3.63) is 24.7 Å². The molecule has 0 aromatic carbocycles. The predicted molar refractivity (Wildman–Crippen MR) is 48.3 cm³/mol. The lowest BCUT2D eigenvalue weighted by molar-refractivity contribution is -0.659. The minimum absolute atomic E-state index is 0.845. The number of ether oxygens (including phenoxy) is 1. The fourth-order valence-corrected chi connectivity index (χ4v) is 1.36. The maximum atomic E-state index is 5.20. The van der Waals surface area contributed by atoms with Crippen molar-refractivity contribution in [1.29, 1.82) is 0 Å². The van der Waals surface area contributed by atoms with E-state index >= 15 is 0 Å². The van der Waals surface area contributed by atoms with Crippen LogP contribution >= 0.6 is 0 Å². The highest BCUT2D eigenvalue weighted by atomic mass is 16.5. The lowest BCUT2D eigenvalue weighted by Gasteiger charge is -1.97. The fourth-order valence-electron chi connectivity index (χ4n) is 1.36. The molecule has 0 aliphatic heterocycles. The minimum atomic E-state index is 0.845. The Morgan fingerprint density at radius 1 is 1.31 bits per heavy atom. The number of aromatic amines is 2.